The predicted molar refractivity (Wildman–Crippen MR) is 100.0 cm³/mol. The molecule has 0 aromatic heterocycles. The van der Waals surface area contributed by atoms with E-state index < -0.39 is 11.7 Å². The van der Waals surface area contributed by atoms with E-state index in [0.29, 0.717) is 0 Å². The molecule has 8 nitrogen and oxygen atoms in total. The maximum atomic E-state index is 11.7. The number of nitrogens with one attached hydrogen (secondary N) is 2. The lowest BCUT2D eigenvalue weighted by atomic mass is 10.1. The van der Waals surface area contributed by atoms with Gasteiger partial charge in [-0.1, -0.05) is 0 Å². The van der Waals surface area contributed by atoms with Crippen molar-refractivity contribution in [2.45, 2.75) is 72.0 Å². The molecule has 1 fully saturated rings. The minimum Gasteiger partial charge on any atom is -0.444 e. The van der Waals surface area contributed by atoms with Crippen molar-refractivity contribution in [2.75, 3.05) is 26.7 Å². The first-order valence-electron chi connectivity index (χ1n) is 8.99. The van der Waals surface area contributed by atoms with Gasteiger partial charge in [0.1, 0.15) is 17.7 Å². The summed E-state index contributed by atoms with van der Waals surface area (Å²) in [5.41, 5.74) is -0.918. The number of hydrogen-bond acceptors (Lipinski definition) is 5. The highest BCUT2D eigenvalue weighted by molar-refractivity contribution is 5.82. The standard InChI is InChI=1S/C12H22N2O3.C6H13NO2/c1-12(2,3)17-11(16)13-9-10(15)14-7-5-4-6-8-14;1-6(2,3)9-5(8)7-4/h4-9H2,1-3H3,(H,13,16);1-4H3,(H,7,8). The van der Waals surface area contributed by atoms with Crippen molar-refractivity contribution in [3.63, 3.8) is 0 Å². The van der Waals surface area contributed by atoms with Crippen LogP contribution in [0.2, 0.25) is 0 Å². The van der Waals surface area contributed by atoms with Crippen molar-refractivity contribution in [1.82, 2.24) is 15.5 Å². The summed E-state index contributed by atoms with van der Waals surface area (Å²) in [5, 5.41) is 4.84. The van der Waals surface area contributed by atoms with Gasteiger partial charge < -0.3 is 25.0 Å². The highest BCUT2D eigenvalue weighted by atomic mass is 16.6. The number of rotatable bonds is 2. The molecule has 2 N–H and O–H groups in total. The van der Waals surface area contributed by atoms with Crippen LogP contribution in [0.15, 0.2) is 0 Å². The van der Waals surface area contributed by atoms with Gasteiger partial charge in [0.2, 0.25) is 5.91 Å². The largest absolute Gasteiger partial charge is 0.444 e. The maximum absolute atomic E-state index is 11.7. The molecule has 0 bridgehead atoms. The summed E-state index contributed by atoms with van der Waals surface area (Å²) in [6.45, 7) is 12.5. The molecule has 0 aliphatic carbocycles. The minimum atomic E-state index is -0.539. The van der Waals surface area contributed by atoms with Crippen molar-refractivity contribution in [1.29, 1.82) is 0 Å². The van der Waals surface area contributed by atoms with E-state index in [0.717, 1.165) is 25.9 Å². The Morgan fingerprint density at radius 1 is 0.846 bits per heavy atom. The summed E-state index contributed by atoms with van der Waals surface area (Å²) < 4.78 is 9.89. The smallest absolute Gasteiger partial charge is 0.408 e. The molecular formula is C18H35N3O5. The van der Waals surface area contributed by atoms with Crippen LogP contribution in [0.5, 0.6) is 0 Å². The maximum Gasteiger partial charge on any atom is 0.408 e. The highest BCUT2D eigenvalue weighted by Crippen LogP contribution is 2.09. The number of carbonyl (C=O) groups excluding carboxylic acids is 3. The molecule has 1 aliphatic rings. The van der Waals surface area contributed by atoms with Crippen LogP contribution in [-0.4, -0.2) is 60.9 Å². The normalized spacial score (nSPS) is 14.5. The first kappa shape index (κ1) is 24.0. The van der Waals surface area contributed by atoms with Gasteiger partial charge in [-0.2, -0.15) is 0 Å². The van der Waals surface area contributed by atoms with E-state index in [4.69, 9.17) is 9.47 Å². The van der Waals surface area contributed by atoms with E-state index in [1.165, 1.54) is 13.5 Å². The molecular weight excluding hydrogens is 338 g/mol. The van der Waals surface area contributed by atoms with Crippen molar-refractivity contribution < 1.29 is 23.9 Å². The zero-order valence-electron chi connectivity index (χ0n) is 17.2. The molecule has 8 heteroatoms. The third-order valence-electron chi connectivity index (χ3n) is 3.09. The number of ether oxygens (including phenoxy) is 2. The summed E-state index contributed by atoms with van der Waals surface area (Å²) in [4.78, 5) is 35.4. The lowest BCUT2D eigenvalue weighted by molar-refractivity contribution is -0.131. The summed E-state index contributed by atoms with van der Waals surface area (Å²) in [6, 6.07) is 0. The summed E-state index contributed by atoms with van der Waals surface area (Å²) in [5.74, 6) is -0.0319. The van der Waals surface area contributed by atoms with Crippen LogP contribution in [-0.2, 0) is 14.3 Å². The lowest BCUT2D eigenvalue weighted by Gasteiger charge is -2.27. The van der Waals surface area contributed by atoms with Crippen molar-refractivity contribution in [3.05, 3.63) is 0 Å². The van der Waals surface area contributed by atoms with Gasteiger partial charge in [-0.25, -0.2) is 9.59 Å². The number of likely N-dealkylation sites (tertiary alicyclic amines) is 1. The zero-order chi connectivity index (χ0) is 20.4. The summed E-state index contributed by atoms with van der Waals surface area (Å²) >= 11 is 0. The fourth-order valence-electron chi connectivity index (χ4n) is 2.05. The Morgan fingerprint density at radius 2 is 1.31 bits per heavy atom. The second-order valence-electron chi connectivity index (χ2n) is 8.05. The van der Waals surface area contributed by atoms with Crippen LogP contribution in [0.4, 0.5) is 9.59 Å². The molecule has 1 aliphatic heterocycles. The van der Waals surface area contributed by atoms with E-state index in [1.807, 2.05) is 20.8 Å². The topological polar surface area (TPSA) is 97.0 Å². The SMILES string of the molecule is CC(C)(C)OC(=O)NCC(=O)N1CCCCC1.CNC(=O)OC(C)(C)C. The average molecular weight is 373 g/mol. The van der Waals surface area contributed by atoms with Gasteiger partial charge in [0, 0.05) is 20.1 Å². The van der Waals surface area contributed by atoms with E-state index in [-0.39, 0.29) is 24.1 Å². The fraction of sp³-hybridized carbons (Fsp3) is 0.833. The Labute approximate surface area is 157 Å². The lowest BCUT2D eigenvalue weighted by Crippen LogP contribution is -2.43. The molecule has 3 amide bonds. The first-order chi connectivity index (χ1) is 11.8. The quantitative estimate of drug-likeness (QED) is 0.776. The average Bonchev–Trinajstić information content (AvgIpc) is 2.50. The number of piperidine rings is 1. The molecule has 1 rings (SSSR count). The van der Waals surface area contributed by atoms with Crippen LogP contribution in [0.1, 0.15) is 60.8 Å². The number of nitrogens with zero attached hydrogens (tertiary/aromatic N) is 1. The van der Waals surface area contributed by atoms with E-state index in [9.17, 15) is 14.4 Å². The summed E-state index contributed by atoms with van der Waals surface area (Å²) in [6.07, 6.45) is 2.37. The predicted octanol–water partition coefficient (Wildman–Crippen LogP) is 2.66. The van der Waals surface area contributed by atoms with Gasteiger partial charge in [-0.3, -0.25) is 4.79 Å². The van der Waals surface area contributed by atoms with Crippen LogP contribution in [0.25, 0.3) is 0 Å². The van der Waals surface area contributed by atoms with Gasteiger partial charge in [0.15, 0.2) is 0 Å². The molecule has 0 unspecified atom stereocenters. The molecule has 0 spiro atoms. The number of alkyl carbamates (subject to hydrolysis) is 2. The van der Waals surface area contributed by atoms with Crippen molar-refractivity contribution >= 4 is 18.1 Å². The molecule has 0 aromatic carbocycles. The first-order valence-corrected chi connectivity index (χ1v) is 8.99. The van der Waals surface area contributed by atoms with Gasteiger partial charge in [0.05, 0.1) is 0 Å². The fourth-order valence-corrected chi connectivity index (χ4v) is 2.05. The highest BCUT2D eigenvalue weighted by Gasteiger charge is 2.19. The van der Waals surface area contributed by atoms with E-state index in [1.54, 1.807) is 25.7 Å². The third-order valence-corrected chi connectivity index (χ3v) is 3.09. The Bertz CT molecular complexity index is 460. The molecule has 1 saturated heterocycles. The Balaban J connectivity index is 0.000000590. The number of carbonyl (C=O) groups is 3. The molecule has 0 aromatic rings. The Hall–Kier alpha value is -1.99. The van der Waals surface area contributed by atoms with Crippen LogP contribution >= 0.6 is 0 Å². The van der Waals surface area contributed by atoms with E-state index >= 15 is 0 Å². The van der Waals surface area contributed by atoms with Gasteiger partial charge in [-0.05, 0) is 60.8 Å². The van der Waals surface area contributed by atoms with E-state index in [2.05, 4.69) is 10.6 Å². The van der Waals surface area contributed by atoms with Gasteiger partial charge in [-0.15, -0.1) is 0 Å². The van der Waals surface area contributed by atoms with Crippen molar-refractivity contribution in [3.8, 4) is 0 Å². The molecule has 0 radical (unpaired) electrons. The zero-order valence-corrected chi connectivity index (χ0v) is 17.2. The minimum absolute atomic E-state index is 0.0227. The number of amides is 3. The molecule has 0 atom stereocenters. The van der Waals surface area contributed by atoms with Gasteiger partial charge in [0.25, 0.3) is 0 Å². The molecule has 152 valence electrons. The summed E-state index contributed by atoms with van der Waals surface area (Å²) in [7, 11) is 1.54. The van der Waals surface area contributed by atoms with Crippen LogP contribution in [0.3, 0.4) is 0 Å². The molecule has 26 heavy (non-hydrogen) atoms. The van der Waals surface area contributed by atoms with Crippen LogP contribution < -0.4 is 10.6 Å². The second kappa shape index (κ2) is 10.9. The third kappa shape index (κ3) is 13.3. The van der Waals surface area contributed by atoms with Crippen LogP contribution in [0, 0.1) is 0 Å². The Morgan fingerprint density at radius 3 is 1.69 bits per heavy atom. The molecule has 1 heterocycles. The Kier molecular flexibility index (Phi) is 10.0. The number of hydrogen-bond donors (Lipinski definition) is 2. The van der Waals surface area contributed by atoms with Gasteiger partial charge >= 0.3 is 12.2 Å². The second-order valence-corrected chi connectivity index (χ2v) is 8.05. The van der Waals surface area contributed by atoms with Crippen molar-refractivity contribution in [2.24, 2.45) is 0 Å². The monoisotopic (exact) mass is 373 g/mol. The molecule has 0 saturated carbocycles.